The van der Waals surface area contributed by atoms with Crippen molar-refractivity contribution < 1.29 is 17.6 Å². The number of nitrogens with one attached hydrogen (secondary N) is 1. The molecular formula is C16H15N3O4S. The monoisotopic (exact) mass is 345 g/mol. The molecule has 124 valence electrons. The molecule has 2 aromatic heterocycles. The van der Waals surface area contributed by atoms with E-state index >= 15 is 0 Å². The van der Waals surface area contributed by atoms with Crippen LogP contribution in [0.4, 0.5) is 0 Å². The molecule has 7 nitrogen and oxygen atoms in total. The molecule has 8 heteroatoms. The molecule has 2 heterocycles. The fraction of sp³-hybridized carbons (Fsp3) is 0.125. The number of nitrogens with zero attached hydrogens (tertiary/aromatic N) is 2. The maximum Gasteiger partial charge on any atom is 0.268 e. The summed E-state index contributed by atoms with van der Waals surface area (Å²) in [6.07, 6.45) is 2.54. The molecule has 0 aliphatic carbocycles. The zero-order valence-corrected chi connectivity index (χ0v) is 13.9. The Morgan fingerprint density at radius 1 is 1.21 bits per heavy atom. The predicted molar refractivity (Wildman–Crippen MR) is 86.4 cm³/mol. The molecule has 0 spiro atoms. The van der Waals surface area contributed by atoms with Crippen LogP contribution >= 0.6 is 0 Å². The van der Waals surface area contributed by atoms with E-state index in [0.29, 0.717) is 17.2 Å². The van der Waals surface area contributed by atoms with Crippen molar-refractivity contribution in [1.82, 2.24) is 14.5 Å². The molecule has 0 unspecified atom stereocenters. The smallest absolute Gasteiger partial charge is 0.268 e. The van der Waals surface area contributed by atoms with E-state index in [-0.39, 0.29) is 10.5 Å². The van der Waals surface area contributed by atoms with Gasteiger partial charge in [-0.1, -0.05) is 18.2 Å². The first-order valence-electron chi connectivity index (χ1n) is 7.11. The molecule has 0 aliphatic heterocycles. The molecule has 0 saturated carbocycles. The average Bonchev–Trinajstić information content (AvgIpc) is 3.15. The molecule has 1 N–H and O–H groups in total. The normalized spacial score (nSPS) is 11.4. The summed E-state index contributed by atoms with van der Waals surface area (Å²) in [5.74, 6) is 0.156. The van der Waals surface area contributed by atoms with Crippen LogP contribution in [0.3, 0.4) is 0 Å². The Morgan fingerprint density at radius 2 is 1.92 bits per heavy atom. The number of carbonyl (C=O) groups excluding carboxylic acids is 1. The number of sulfonamides is 1. The second kappa shape index (κ2) is 5.97. The summed E-state index contributed by atoms with van der Waals surface area (Å²) in [5, 5.41) is 4.02. The summed E-state index contributed by atoms with van der Waals surface area (Å²) in [7, 11) is -4.03. The molecule has 0 saturated heterocycles. The Bertz CT molecular complexity index is 988. The quantitative estimate of drug-likeness (QED) is 0.782. The van der Waals surface area contributed by atoms with Gasteiger partial charge in [0.25, 0.3) is 15.9 Å². The second-order valence-corrected chi connectivity index (χ2v) is 6.90. The summed E-state index contributed by atoms with van der Waals surface area (Å²) < 4.78 is 33.4. The van der Waals surface area contributed by atoms with Gasteiger partial charge >= 0.3 is 0 Å². The van der Waals surface area contributed by atoms with Crippen LogP contribution in [0.1, 0.15) is 21.9 Å². The SMILES string of the molecule is Cc1cc(C(=O)NS(=O)(=O)c2cnn(-c3ccccc3)c2)c(C)o1. The lowest BCUT2D eigenvalue weighted by atomic mass is 10.2. The number of furan rings is 1. The van der Waals surface area contributed by atoms with E-state index in [0.717, 1.165) is 0 Å². The molecule has 0 atom stereocenters. The average molecular weight is 345 g/mol. The first-order chi connectivity index (χ1) is 11.4. The third-order valence-electron chi connectivity index (χ3n) is 3.40. The number of hydrogen-bond donors (Lipinski definition) is 1. The van der Waals surface area contributed by atoms with Gasteiger partial charge in [-0.2, -0.15) is 5.10 Å². The Balaban J connectivity index is 1.85. The van der Waals surface area contributed by atoms with Crippen LogP contribution in [-0.2, 0) is 10.0 Å². The number of aromatic nitrogens is 2. The van der Waals surface area contributed by atoms with Crippen molar-refractivity contribution in [3.05, 3.63) is 65.9 Å². The molecule has 1 amide bonds. The first kappa shape index (κ1) is 16.0. The van der Waals surface area contributed by atoms with Crippen molar-refractivity contribution in [3.8, 4) is 5.69 Å². The van der Waals surface area contributed by atoms with Gasteiger partial charge in [-0.3, -0.25) is 4.79 Å². The molecule has 3 aromatic rings. The maximum absolute atomic E-state index is 12.4. The highest BCUT2D eigenvalue weighted by Crippen LogP contribution is 2.16. The predicted octanol–water partition coefficient (Wildman–Crippen LogP) is 2.20. The Kier molecular flexibility index (Phi) is 3.98. The van der Waals surface area contributed by atoms with E-state index < -0.39 is 15.9 Å². The molecule has 0 aliphatic rings. The Hall–Kier alpha value is -2.87. The highest BCUT2D eigenvalue weighted by atomic mass is 32.2. The number of rotatable bonds is 4. The highest BCUT2D eigenvalue weighted by Gasteiger charge is 2.23. The van der Waals surface area contributed by atoms with Crippen molar-refractivity contribution in [2.24, 2.45) is 0 Å². The van der Waals surface area contributed by atoms with Crippen molar-refractivity contribution in [2.75, 3.05) is 0 Å². The highest BCUT2D eigenvalue weighted by molar-refractivity contribution is 7.90. The van der Waals surface area contributed by atoms with Gasteiger partial charge in [-0.25, -0.2) is 17.8 Å². The lowest BCUT2D eigenvalue weighted by molar-refractivity contribution is 0.0980. The van der Waals surface area contributed by atoms with Crippen LogP contribution in [0.2, 0.25) is 0 Å². The molecule has 24 heavy (non-hydrogen) atoms. The molecule has 0 radical (unpaired) electrons. The number of para-hydroxylation sites is 1. The van der Waals surface area contributed by atoms with Gasteiger partial charge in [-0.05, 0) is 32.0 Å². The number of benzene rings is 1. The lowest BCUT2D eigenvalue weighted by Gasteiger charge is -2.04. The van der Waals surface area contributed by atoms with Gasteiger partial charge in [-0.15, -0.1) is 0 Å². The van der Waals surface area contributed by atoms with Gasteiger partial charge in [0.1, 0.15) is 16.4 Å². The standard InChI is InChI=1S/C16H15N3O4S/c1-11-8-15(12(2)23-11)16(20)18-24(21,22)14-9-17-19(10-14)13-6-4-3-5-7-13/h3-10H,1-2H3,(H,18,20). The minimum Gasteiger partial charge on any atom is -0.466 e. The van der Waals surface area contributed by atoms with Gasteiger partial charge in [0.15, 0.2) is 0 Å². The van der Waals surface area contributed by atoms with Crippen LogP contribution in [0.25, 0.3) is 5.69 Å². The van der Waals surface area contributed by atoms with E-state index in [2.05, 4.69) is 5.10 Å². The number of hydrogen-bond acceptors (Lipinski definition) is 5. The zero-order valence-electron chi connectivity index (χ0n) is 13.1. The van der Waals surface area contributed by atoms with E-state index in [1.807, 2.05) is 22.9 Å². The lowest BCUT2D eigenvalue weighted by Crippen LogP contribution is -2.30. The topological polar surface area (TPSA) is 94.2 Å². The zero-order chi connectivity index (χ0) is 17.3. The van der Waals surface area contributed by atoms with Crippen LogP contribution in [-0.4, -0.2) is 24.1 Å². The largest absolute Gasteiger partial charge is 0.466 e. The third kappa shape index (κ3) is 3.09. The van der Waals surface area contributed by atoms with Crippen LogP contribution < -0.4 is 4.72 Å². The van der Waals surface area contributed by atoms with Crippen LogP contribution in [0, 0.1) is 13.8 Å². The number of aryl methyl sites for hydroxylation is 2. The van der Waals surface area contributed by atoms with Crippen LogP contribution in [0.5, 0.6) is 0 Å². The summed E-state index contributed by atoms with van der Waals surface area (Å²) >= 11 is 0. The number of amides is 1. The number of carbonyl (C=O) groups is 1. The Morgan fingerprint density at radius 3 is 2.54 bits per heavy atom. The van der Waals surface area contributed by atoms with Gasteiger partial charge in [0.05, 0.1) is 23.6 Å². The van der Waals surface area contributed by atoms with E-state index in [4.69, 9.17) is 4.42 Å². The summed E-state index contributed by atoms with van der Waals surface area (Å²) in [5.41, 5.74) is 0.901. The first-order valence-corrected chi connectivity index (χ1v) is 8.59. The summed E-state index contributed by atoms with van der Waals surface area (Å²) in [4.78, 5) is 12.1. The van der Waals surface area contributed by atoms with Crippen LogP contribution in [0.15, 0.2) is 58.1 Å². The van der Waals surface area contributed by atoms with Crippen molar-refractivity contribution >= 4 is 15.9 Å². The minimum absolute atomic E-state index is 0.0995. The summed E-state index contributed by atoms with van der Waals surface area (Å²) in [6.45, 7) is 3.28. The molecular weight excluding hydrogens is 330 g/mol. The fourth-order valence-corrected chi connectivity index (χ4v) is 3.16. The van der Waals surface area contributed by atoms with Gasteiger partial charge < -0.3 is 4.42 Å². The molecule has 3 rings (SSSR count). The van der Waals surface area contributed by atoms with Crippen molar-refractivity contribution in [1.29, 1.82) is 0 Å². The van der Waals surface area contributed by atoms with Gasteiger partial charge in [0.2, 0.25) is 0 Å². The maximum atomic E-state index is 12.4. The van der Waals surface area contributed by atoms with Gasteiger partial charge in [0, 0.05) is 0 Å². The Labute approximate surface area is 139 Å². The fourth-order valence-electron chi connectivity index (χ4n) is 2.26. The molecule has 0 fully saturated rings. The molecule has 1 aromatic carbocycles. The van der Waals surface area contributed by atoms with E-state index in [1.54, 1.807) is 26.0 Å². The third-order valence-corrected chi connectivity index (χ3v) is 4.69. The van der Waals surface area contributed by atoms with Crippen molar-refractivity contribution in [2.45, 2.75) is 18.7 Å². The summed E-state index contributed by atoms with van der Waals surface area (Å²) in [6, 6.07) is 10.6. The minimum atomic E-state index is -4.03. The van der Waals surface area contributed by atoms with E-state index in [1.165, 1.54) is 23.1 Å². The molecule has 0 bridgehead atoms. The van der Waals surface area contributed by atoms with E-state index in [9.17, 15) is 13.2 Å². The second-order valence-electron chi connectivity index (χ2n) is 5.22. The van der Waals surface area contributed by atoms with Crippen molar-refractivity contribution in [3.63, 3.8) is 0 Å².